The minimum Gasteiger partial charge on any atom is -0.388 e. The van der Waals surface area contributed by atoms with Gasteiger partial charge in [0.05, 0.1) is 6.10 Å². The second-order valence-corrected chi connectivity index (χ2v) is 5.48. The molecule has 1 aromatic carbocycles. The van der Waals surface area contributed by atoms with Gasteiger partial charge in [0, 0.05) is 4.88 Å². The Kier molecular flexibility index (Phi) is 4.35. The van der Waals surface area contributed by atoms with Gasteiger partial charge in [0.25, 0.3) is 0 Å². The van der Waals surface area contributed by atoms with E-state index in [1.54, 1.807) is 11.3 Å². The molecule has 0 bridgehead atoms. The molecule has 2 heteroatoms. The Balaban J connectivity index is 1.89. The van der Waals surface area contributed by atoms with Crippen molar-refractivity contribution in [2.24, 2.45) is 5.92 Å². The van der Waals surface area contributed by atoms with E-state index in [0.29, 0.717) is 5.92 Å². The molecule has 0 amide bonds. The third-order valence-corrected chi connectivity index (χ3v) is 4.04. The summed E-state index contributed by atoms with van der Waals surface area (Å²) in [4.78, 5) is 1.40. The smallest absolute Gasteiger partial charge is 0.0815 e. The van der Waals surface area contributed by atoms with Gasteiger partial charge in [0.2, 0.25) is 0 Å². The summed E-state index contributed by atoms with van der Waals surface area (Å²) in [5.74, 6) is 0.291. The molecule has 0 fully saturated rings. The molecule has 17 heavy (non-hydrogen) atoms. The van der Waals surface area contributed by atoms with Gasteiger partial charge in [-0.2, -0.15) is 0 Å². The van der Waals surface area contributed by atoms with Crippen LogP contribution in [-0.2, 0) is 6.42 Å². The van der Waals surface area contributed by atoms with Crippen LogP contribution in [0.4, 0.5) is 0 Å². The van der Waals surface area contributed by atoms with Crippen molar-refractivity contribution in [3.63, 3.8) is 0 Å². The summed E-state index contributed by atoms with van der Waals surface area (Å²) in [6.07, 6.45) is 1.73. The normalized spacial score (nSPS) is 14.5. The lowest BCUT2D eigenvalue weighted by molar-refractivity contribution is 0.113. The first kappa shape index (κ1) is 12.3. The third kappa shape index (κ3) is 3.42. The molecule has 1 N–H and O–H groups in total. The standard InChI is InChI=1S/C15H18OS/c1-12(9-10-14-8-5-11-17-14)15(16)13-6-3-2-4-7-13/h2-8,11-12,15-16H,9-10H2,1H3. The number of benzene rings is 1. The van der Waals surface area contributed by atoms with E-state index in [-0.39, 0.29) is 6.10 Å². The van der Waals surface area contributed by atoms with Gasteiger partial charge in [-0.25, -0.2) is 0 Å². The van der Waals surface area contributed by atoms with Gasteiger partial charge in [0.15, 0.2) is 0 Å². The van der Waals surface area contributed by atoms with Crippen molar-refractivity contribution in [3.8, 4) is 0 Å². The van der Waals surface area contributed by atoms with Crippen LogP contribution in [0.3, 0.4) is 0 Å². The highest BCUT2D eigenvalue weighted by Gasteiger charge is 2.15. The molecule has 0 aliphatic carbocycles. The van der Waals surface area contributed by atoms with Gasteiger partial charge < -0.3 is 5.11 Å². The molecule has 0 spiro atoms. The van der Waals surface area contributed by atoms with Crippen molar-refractivity contribution in [3.05, 3.63) is 58.3 Å². The van der Waals surface area contributed by atoms with Gasteiger partial charge in [0.1, 0.15) is 0 Å². The van der Waals surface area contributed by atoms with Crippen molar-refractivity contribution in [2.75, 3.05) is 0 Å². The maximum Gasteiger partial charge on any atom is 0.0815 e. The molecule has 1 aromatic heterocycles. The van der Waals surface area contributed by atoms with Crippen molar-refractivity contribution in [1.29, 1.82) is 0 Å². The van der Waals surface area contributed by atoms with Crippen LogP contribution >= 0.6 is 11.3 Å². The summed E-state index contributed by atoms with van der Waals surface area (Å²) < 4.78 is 0. The van der Waals surface area contributed by atoms with E-state index in [2.05, 4.69) is 24.4 Å². The molecule has 0 radical (unpaired) electrons. The Hall–Kier alpha value is -1.12. The zero-order chi connectivity index (χ0) is 12.1. The molecule has 1 nitrogen and oxygen atoms in total. The molecular formula is C15H18OS. The highest BCUT2D eigenvalue weighted by atomic mass is 32.1. The fraction of sp³-hybridized carbons (Fsp3) is 0.333. The maximum atomic E-state index is 10.2. The number of rotatable bonds is 5. The van der Waals surface area contributed by atoms with E-state index in [9.17, 15) is 5.11 Å². The molecule has 0 aliphatic heterocycles. The largest absolute Gasteiger partial charge is 0.388 e. The first-order chi connectivity index (χ1) is 8.27. The van der Waals surface area contributed by atoms with Crippen molar-refractivity contribution in [1.82, 2.24) is 0 Å². The summed E-state index contributed by atoms with van der Waals surface area (Å²) in [7, 11) is 0. The van der Waals surface area contributed by atoms with Crippen LogP contribution in [0.15, 0.2) is 47.8 Å². The van der Waals surface area contributed by atoms with Crippen LogP contribution in [0.1, 0.15) is 29.9 Å². The van der Waals surface area contributed by atoms with E-state index < -0.39 is 0 Å². The quantitative estimate of drug-likeness (QED) is 0.844. The van der Waals surface area contributed by atoms with Crippen LogP contribution in [0, 0.1) is 5.92 Å². The number of thiophene rings is 1. The first-order valence-corrected chi connectivity index (χ1v) is 6.90. The topological polar surface area (TPSA) is 20.2 Å². The van der Waals surface area contributed by atoms with Crippen molar-refractivity contribution >= 4 is 11.3 Å². The van der Waals surface area contributed by atoms with Gasteiger partial charge in [-0.15, -0.1) is 11.3 Å². The van der Waals surface area contributed by atoms with Crippen LogP contribution in [-0.4, -0.2) is 5.11 Å². The maximum absolute atomic E-state index is 10.2. The molecule has 2 aromatic rings. The predicted molar refractivity (Wildman–Crippen MR) is 73.2 cm³/mol. The predicted octanol–water partition coefficient (Wildman–Crippen LogP) is 4.05. The second kappa shape index (κ2) is 5.99. The van der Waals surface area contributed by atoms with Crippen LogP contribution in [0.2, 0.25) is 0 Å². The lowest BCUT2D eigenvalue weighted by Gasteiger charge is -2.18. The Bertz CT molecular complexity index is 421. The average Bonchev–Trinajstić information content (AvgIpc) is 2.89. The number of hydrogen-bond acceptors (Lipinski definition) is 2. The summed E-state index contributed by atoms with van der Waals surface area (Å²) in [5.41, 5.74) is 1.02. The zero-order valence-corrected chi connectivity index (χ0v) is 10.9. The zero-order valence-electron chi connectivity index (χ0n) is 10.0. The average molecular weight is 246 g/mol. The molecule has 0 aliphatic rings. The van der Waals surface area contributed by atoms with E-state index in [1.807, 2.05) is 30.3 Å². The number of hydrogen-bond donors (Lipinski definition) is 1. The van der Waals surface area contributed by atoms with Gasteiger partial charge in [-0.05, 0) is 35.8 Å². The summed E-state index contributed by atoms with van der Waals surface area (Å²) in [6.45, 7) is 2.12. The first-order valence-electron chi connectivity index (χ1n) is 6.03. The van der Waals surface area contributed by atoms with E-state index >= 15 is 0 Å². The fourth-order valence-corrected chi connectivity index (χ4v) is 2.69. The lowest BCUT2D eigenvalue weighted by atomic mass is 9.93. The molecule has 1 heterocycles. The summed E-state index contributed by atoms with van der Waals surface area (Å²) in [6, 6.07) is 14.2. The van der Waals surface area contributed by atoms with Gasteiger partial charge in [-0.1, -0.05) is 43.3 Å². The highest BCUT2D eigenvalue weighted by molar-refractivity contribution is 7.09. The molecule has 0 saturated carbocycles. The van der Waals surface area contributed by atoms with Crippen LogP contribution in [0.25, 0.3) is 0 Å². The molecule has 0 saturated heterocycles. The second-order valence-electron chi connectivity index (χ2n) is 4.45. The van der Waals surface area contributed by atoms with Crippen molar-refractivity contribution < 1.29 is 5.11 Å². The minimum atomic E-state index is -0.351. The SMILES string of the molecule is CC(CCc1cccs1)C(O)c1ccccc1. The lowest BCUT2D eigenvalue weighted by Crippen LogP contribution is -2.09. The van der Waals surface area contributed by atoms with Crippen molar-refractivity contribution in [2.45, 2.75) is 25.9 Å². The molecule has 2 unspecified atom stereocenters. The summed E-state index contributed by atoms with van der Waals surface area (Å²) >= 11 is 1.79. The molecule has 2 atom stereocenters. The fourth-order valence-electron chi connectivity index (χ4n) is 1.96. The third-order valence-electron chi connectivity index (χ3n) is 3.11. The number of aliphatic hydroxyl groups is 1. The molecule has 90 valence electrons. The van der Waals surface area contributed by atoms with E-state index in [4.69, 9.17) is 0 Å². The van der Waals surface area contributed by atoms with E-state index in [0.717, 1.165) is 18.4 Å². The molecular weight excluding hydrogens is 228 g/mol. The molecule has 2 rings (SSSR count). The van der Waals surface area contributed by atoms with Crippen LogP contribution < -0.4 is 0 Å². The van der Waals surface area contributed by atoms with Gasteiger partial charge in [-0.3, -0.25) is 0 Å². The highest BCUT2D eigenvalue weighted by Crippen LogP contribution is 2.26. The van der Waals surface area contributed by atoms with E-state index in [1.165, 1.54) is 4.88 Å². The Morgan fingerprint density at radius 3 is 2.53 bits per heavy atom. The Morgan fingerprint density at radius 1 is 1.12 bits per heavy atom. The number of aryl methyl sites for hydroxylation is 1. The van der Waals surface area contributed by atoms with Gasteiger partial charge >= 0.3 is 0 Å². The summed E-state index contributed by atoms with van der Waals surface area (Å²) in [5, 5.41) is 12.3. The van der Waals surface area contributed by atoms with Crippen LogP contribution in [0.5, 0.6) is 0 Å². The number of aliphatic hydroxyl groups excluding tert-OH is 1. The minimum absolute atomic E-state index is 0.291. The monoisotopic (exact) mass is 246 g/mol. The Morgan fingerprint density at radius 2 is 1.88 bits per heavy atom. The Labute approximate surface area is 107 Å².